The van der Waals surface area contributed by atoms with E-state index < -0.39 is 0 Å². The van der Waals surface area contributed by atoms with Gasteiger partial charge >= 0.3 is 0 Å². The number of halogens is 2. The van der Waals surface area contributed by atoms with E-state index in [1.165, 1.54) is 17.5 Å². The molecule has 2 fully saturated rings. The Morgan fingerprint density at radius 2 is 1.55 bits per heavy atom. The SMILES string of the molecule is O=C(CNc1ncnc2cc(Cl)c(Cl)cc12)N1CC[C@@H](NC2CC(c3ccccc3)S[C@H](c3ccccc3)C2)C1. The summed E-state index contributed by atoms with van der Waals surface area (Å²) in [5, 5.41) is 9.60. The van der Waals surface area contributed by atoms with Gasteiger partial charge in [-0.1, -0.05) is 83.9 Å². The van der Waals surface area contributed by atoms with Gasteiger partial charge in [-0.15, -0.1) is 11.8 Å². The van der Waals surface area contributed by atoms with Gasteiger partial charge in [0.15, 0.2) is 0 Å². The number of fused-ring (bicyclic) bond motifs is 1. The number of hydrogen-bond acceptors (Lipinski definition) is 6. The number of likely N-dealkylation sites (tertiary alicyclic amines) is 1. The van der Waals surface area contributed by atoms with E-state index in [9.17, 15) is 4.79 Å². The zero-order chi connectivity index (χ0) is 27.5. The number of aromatic nitrogens is 2. The summed E-state index contributed by atoms with van der Waals surface area (Å²) in [6.07, 6.45) is 4.57. The number of rotatable bonds is 7. The van der Waals surface area contributed by atoms with Crippen molar-refractivity contribution in [3.05, 3.63) is 100 Å². The number of thioether (sulfide) groups is 1. The van der Waals surface area contributed by atoms with Gasteiger partial charge < -0.3 is 15.5 Å². The van der Waals surface area contributed by atoms with Gasteiger partial charge in [0, 0.05) is 41.1 Å². The van der Waals surface area contributed by atoms with Crippen molar-refractivity contribution in [3.63, 3.8) is 0 Å². The highest BCUT2D eigenvalue weighted by molar-refractivity contribution is 7.99. The number of nitrogens with zero attached hydrogens (tertiary/aromatic N) is 3. The molecule has 40 heavy (non-hydrogen) atoms. The molecule has 0 spiro atoms. The van der Waals surface area contributed by atoms with Gasteiger partial charge in [-0.05, 0) is 42.5 Å². The van der Waals surface area contributed by atoms with E-state index >= 15 is 0 Å². The van der Waals surface area contributed by atoms with Crippen molar-refractivity contribution in [2.45, 2.75) is 41.8 Å². The second-order valence-corrected chi connectivity index (χ2v) is 12.7. The first-order valence-corrected chi connectivity index (χ1v) is 15.4. The Morgan fingerprint density at radius 3 is 2.23 bits per heavy atom. The molecule has 0 saturated carbocycles. The van der Waals surface area contributed by atoms with Crippen molar-refractivity contribution in [3.8, 4) is 0 Å². The maximum atomic E-state index is 13.1. The molecule has 2 aliphatic rings. The van der Waals surface area contributed by atoms with Crippen LogP contribution in [-0.2, 0) is 4.79 Å². The molecule has 4 aromatic rings. The van der Waals surface area contributed by atoms with Crippen LogP contribution in [0.2, 0.25) is 10.0 Å². The number of hydrogen-bond donors (Lipinski definition) is 2. The van der Waals surface area contributed by atoms with E-state index in [1.54, 1.807) is 12.1 Å². The van der Waals surface area contributed by atoms with E-state index in [-0.39, 0.29) is 18.5 Å². The minimum absolute atomic E-state index is 0.0552. The van der Waals surface area contributed by atoms with Crippen LogP contribution in [0.1, 0.15) is 40.9 Å². The van der Waals surface area contributed by atoms with Crippen molar-refractivity contribution in [2.24, 2.45) is 0 Å². The van der Waals surface area contributed by atoms with E-state index in [2.05, 4.69) is 93.0 Å². The molecule has 1 amide bonds. The van der Waals surface area contributed by atoms with Crippen LogP contribution in [0.25, 0.3) is 10.9 Å². The van der Waals surface area contributed by atoms with Gasteiger partial charge in [0.25, 0.3) is 0 Å². The van der Waals surface area contributed by atoms with Gasteiger partial charge in [-0.2, -0.15) is 0 Å². The Bertz CT molecular complexity index is 1430. The number of carbonyl (C=O) groups excluding carboxylic acids is 1. The number of amides is 1. The number of anilines is 1. The summed E-state index contributed by atoms with van der Waals surface area (Å²) in [5.74, 6) is 0.629. The van der Waals surface area contributed by atoms with Crippen LogP contribution < -0.4 is 10.6 Å². The largest absolute Gasteiger partial charge is 0.360 e. The third kappa shape index (κ3) is 6.23. The van der Waals surface area contributed by atoms with Gasteiger partial charge in [0.2, 0.25) is 5.91 Å². The summed E-state index contributed by atoms with van der Waals surface area (Å²) in [4.78, 5) is 23.7. The maximum Gasteiger partial charge on any atom is 0.241 e. The van der Waals surface area contributed by atoms with Crippen molar-refractivity contribution in [1.29, 1.82) is 0 Å². The Morgan fingerprint density at radius 1 is 0.900 bits per heavy atom. The first-order valence-electron chi connectivity index (χ1n) is 13.7. The van der Waals surface area contributed by atoms with Crippen LogP contribution in [0.15, 0.2) is 79.1 Å². The molecule has 2 N–H and O–H groups in total. The smallest absolute Gasteiger partial charge is 0.241 e. The first-order chi connectivity index (χ1) is 19.5. The van der Waals surface area contributed by atoms with E-state index in [1.807, 2.05) is 4.90 Å². The fourth-order valence-corrected chi connectivity index (χ4v) is 7.78. The Labute approximate surface area is 248 Å². The third-order valence-electron chi connectivity index (χ3n) is 7.77. The van der Waals surface area contributed by atoms with E-state index in [4.69, 9.17) is 23.2 Å². The van der Waals surface area contributed by atoms with Crippen LogP contribution in [0.4, 0.5) is 5.82 Å². The van der Waals surface area contributed by atoms with Crippen molar-refractivity contribution in [2.75, 3.05) is 25.0 Å². The highest BCUT2D eigenvalue weighted by atomic mass is 35.5. The second-order valence-electron chi connectivity index (χ2n) is 10.5. The molecule has 0 bridgehead atoms. The lowest BCUT2D eigenvalue weighted by atomic mass is 9.96. The quantitative estimate of drug-likeness (QED) is 0.243. The summed E-state index contributed by atoms with van der Waals surface area (Å²) in [5.41, 5.74) is 3.45. The molecule has 3 heterocycles. The molecule has 6 nitrogen and oxygen atoms in total. The summed E-state index contributed by atoms with van der Waals surface area (Å²) < 4.78 is 0. The van der Waals surface area contributed by atoms with Crippen molar-refractivity contribution >= 4 is 57.6 Å². The Balaban J connectivity index is 1.08. The van der Waals surface area contributed by atoms with Gasteiger partial charge in [0.1, 0.15) is 12.1 Å². The van der Waals surface area contributed by atoms with Crippen molar-refractivity contribution < 1.29 is 4.79 Å². The van der Waals surface area contributed by atoms with Crippen LogP contribution in [0, 0.1) is 0 Å². The second kappa shape index (κ2) is 12.4. The molecule has 2 saturated heterocycles. The molecule has 1 aromatic heterocycles. The molecule has 2 aliphatic heterocycles. The standard InChI is InChI=1S/C31H31Cl2N5OS/c32-25-15-24-27(16-26(25)33)35-19-36-31(24)34-17-30(39)38-12-11-22(18-38)37-23-13-28(20-7-3-1-4-8-20)40-29(14-23)21-9-5-2-6-10-21/h1-10,15-16,19,22-23,28-29,37H,11-14,17-18H2,(H,34,35,36)/t22-,23?,28+,29?/m1/s1. The summed E-state index contributed by atoms with van der Waals surface area (Å²) >= 11 is 14.4. The van der Waals surface area contributed by atoms with E-state index in [0.29, 0.717) is 44.5 Å². The highest BCUT2D eigenvalue weighted by Crippen LogP contribution is 2.50. The normalized spacial score (nSPS) is 22.9. The minimum atomic E-state index is 0.0552. The molecule has 3 aromatic carbocycles. The molecule has 6 rings (SSSR count). The van der Waals surface area contributed by atoms with Crippen LogP contribution >= 0.6 is 35.0 Å². The van der Waals surface area contributed by atoms with Crippen LogP contribution in [0.5, 0.6) is 0 Å². The predicted molar refractivity (Wildman–Crippen MR) is 165 cm³/mol. The summed E-state index contributed by atoms with van der Waals surface area (Å²) in [6.45, 7) is 1.61. The lowest BCUT2D eigenvalue weighted by Gasteiger charge is -2.37. The third-order valence-corrected chi connectivity index (χ3v) is 10.1. The lowest BCUT2D eigenvalue weighted by Crippen LogP contribution is -2.44. The van der Waals surface area contributed by atoms with Gasteiger partial charge in [-0.3, -0.25) is 4.79 Å². The molecule has 2 unspecified atom stereocenters. The maximum absolute atomic E-state index is 13.1. The molecule has 9 heteroatoms. The van der Waals surface area contributed by atoms with Crippen LogP contribution in [-0.4, -0.2) is 52.5 Å². The molecule has 0 radical (unpaired) electrons. The summed E-state index contributed by atoms with van der Waals surface area (Å²) in [6, 6.07) is 25.8. The molecule has 4 atom stereocenters. The molecule has 206 valence electrons. The molecular formula is C31H31Cl2N5OS. The van der Waals surface area contributed by atoms with Gasteiger partial charge in [0.05, 0.1) is 22.1 Å². The Hall–Kier alpha value is -2.84. The average Bonchev–Trinajstić information content (AvgIpc) is 3.46. The van der Waals surface area contributed by atoms with Crippen molar-refractivity contribution in [1.82, 2.24) is 20.2 Å². The monoisotopic (exact) mass is 591 g/mol. The number of carbonyl (C=O) groups is 1. The lowest BCUT2D eigenvalue weighted by molar-refractivity contribution is -0.128. The minimum Gasteiger partial charge on any atom is -0.360 e. The van der Waals surface area contributed by atoms with Crippen LogP contribution in [0.3, 0.4) is 0 Å². The topological polar surface area (TPSA) is 70.2 Å². The average molecular weight is 593 g/mol. The fourth-order valence-electron chi connectivity index (χ4n) is 5.74. The van der Waals surface area contributed by atoms with Gasteiger partial charge in [-0.25, -0.2) is 9.97 Å². The van der Waals surface area contributed by atoms with E-state index in [0.717, 1.165) is 31.2 Å². The zero-order valence-electron chi connectivity index (χ0n) is 22.0. The fraction of sp³-hybridized carbons (Fsp3) is 0.323. The molecular weight excluding hydrogens is 561 g/mol. The highest BCUT2D eigenvalue weighted by Gasteiger charge is 2.34. The zero-order valence-corrected chi connectivity index (χ0v) is 24.3. The molecule has 0 aliphatic carbocycles. The summed E-state index contributed by atoms with van der Waals surface area (Å²) in [7, 11) is 0. The number of nitrogens with one attached hydrogen (secondary N) is 2. The predicted octanol–water partition coefficient (Wildman–Crippen LogP) is 6.92. The first kappa shape index (κ1) is 27.3. The number of benzene rings is 3. The Kier molecular flexibility index (Phi) is 8.44.